The van der Waals surface area contributed by atoms with Crippen LogP contribution in [0.25, 0.3) is 0 Å². The molecule has 1 aliphatic rings. The van der Waals surface area contributed by atoms with Gasteiger partial charge in [-0.05, 0) is 12.3 Å². The minimum Gasteiger partial charge on any atom is -0.432 e. The summed E-state index contributed by atoms with van der Waals surface area (Å²) in [6.07, 6.45) is 2.90. The van der Waals surface area contributed by atoms with E-state index < -0.39 is 0 Å². The van der Waals surface area contributed by atoms with Gasteiger partial charge in [0, 0.05) is 12.8 Å². The SMILES string of the molecule is C=C[C@@H]1C[C@@H]1C(=C)OC(C)=O. The van der Waals surface area contributed by atoms with Crippen LogP contribution < -0.4 is 0 Å². The van der Waals surface area contributed by atoms with Gasteiger partial charge in [0.25, 0.3) is 0 Å². The third-order valence-electron chi connectivity index (χ3n) is 1.83. The quantitative estimate of drug-likeness (QED) is 0.350. The second-order valence-corrected chi connectivity index (χ2v) is 2.80. The lowest BCUT2D eigenvalue weighted by Crippen LogP contribution is -1.99. The summed E-state index contributed by atoms with van der Waals surface area (Å²) in [5.41, 5.74) is 0. The zero-order chi connectivity index (χ0) is 8.43. The van der Waals surface area contributed by atoms with Crippen LogP contribution in [0, 0.1) is 11.8 Å². The molecule has 0 unspecified atom stereocenters. The molecule has 2 heteroatoms. The van der Waals surface area contributed by atoms with Crippen molar-refractivity contribution in [1.82, 2.24) is 0 Å². The molecule has 0 saturated heterocycles. The summed E-state index contributed by atoms with van der Waals surface area (Å²) < 4.78 is 4.83. The van der Waals surface area contributed by atoms with Crippen LogP contribution in [0.2, 0.25) is 0 Å². The Hall–Kier alpha value is -1.05. The van der Waals surface area contributed by atoms with Gasteiger partial charge in [-0.25, -0.2) is 0 Å². The van der Waals surface area contributed by atoms with Crippen LogP contribution in [0.5, 0.6) is 0 Å². The molecular weight excluding hydrogens is 140 g/mol. The number of carbonyl (C=O) groups excluding carboxylic acids is 1. The molecule has 1 saturated carbocycles. The molecule has 0 N–H and O–H groups in total. The fourth-order valence-electron chi connectivity index (χ4n) is 1.11. The van der Waals surface area contributed by atoms with Crippen molar-refractivity contribution in [3.8, 4) is 0 Å². The van der Waals surface area contributed by atoms with Gasteiger partial charge in [0.05, 0.1) is 0 Å². The first-order chi connectivity index (χ1) is 5.15. The average molecular weight is 152 g/mol. The van der Waals surface area contributed by atoms with Crippen LogP contribution in [0.4, 0.5) is 0 Å². The highest BCUT2D eigenvalue weighted by molar-refractivity contribution is 5.67. The second kappa shape index (κ2) is 2.91. The number of carbonyl (C=O) groups is 1. The molecule has 2 atom stereocenters. The highest BCUT2D eigenvalue weighted by Crippen LogP contribution is 2.44. The summed E-state index contributed by atoms with van der Waals surface area (Å²) in [6, 6.07) is 0. The van der Waals surface area contributed by atoms with Gasteiger partial charge in [0.15, 0.2) is 0 Å². The van der Waals surface area contributed by atoms with Crippen molar-refractivity contribution in [3.05, 3.63) is 25.0 Å². The van der Waals surface area contributed by atoms with E-state index in [1.165, 1.54) is 6.92 Å². The molecule has 0 aromatic rings. The maximum absolute atomic E-state index is 10.5. The van der Waals surface area contributed by atoms with E-state index in [-0.39, 0.29) is 5.97 Å². The van der Waals surface area contributed by atoms with Gasteiger partial charge in [-0.3, -0.25) is 4.79 Å². The number of ether oxygens (including phenoxy) is 1. The van der Waals surface area contributed by atoms with E-state index in [0.717, 1.165) is 6.42 Å². The first-order valence-electron chi connectivity index (χ1n) is 3.65. The van der Waals surface area contributed by atoms with E-state index in [1.54, 1.807) is 0 Å². The summed E-state index contributed by atoms with van der Waals surface area (Å²) in [5.74, 6) is 1.10. The van der Waals surface area contributed by atoms with Gasteiger partial charge in [-0.2, -0.15) is 0 Å². The van der Waals surface area contributed by atoms with E-state index in [0.29, 0.717) is 17.6 Å². The van der Waals surface area contributed by atoms with Crippen molar-refractivity contribution in [2.24, 2.45) is 11.8 Å². The summed E-state index contributed by atoms with van der Waals surface area (Å²) in [6.45, 7) is 8.70. The maximum Gasteiger partial charge on any atom is 0.307 e. The Morgan fingerprint density at radius 1 is 1.73 bits per heavy atom. The number of hydrogen-bond donors (Lipinski definition) is 0. The van der Waals surface area contributed by atoms with Crippen LogP contribution in [-0.4, -0.2) is 5.97 Å². The minimum absolute atomic E-state index is 0.287. The summed E-state index contributed by atoms with van der Waals surface area (Å²) in [7, 11) is 0. The Morgan fingerprint density at radius 2 is 2.36 bits per heavy atom. The van der Waals surface area contributed by atoms with Gasteiger partial charge >= 0.3 is 5.97 Å². The van der Waals surface area contributed by atoms with E-state index in [1.807, 2.05) is 6.08 Å². The van der Waals surface area contributed by atoms with Gasteiger partial charge in [0.1, 0.15) is 5.76 Å². The predicted octanol–water partition coefficient (Wildman–Crippen LogP) is 1.89. The fourth-order valence-corrected chi connectivity index (χ4v) is 1.11. The Balaban J connectivity index is 2.33. The van der Waals surface area contributed by atoms with E-state index in [9.17, 15) is 4.79 Å². The summed E-state index contributed by atoms with van der Waals surface area (Å²) in [5, 5.41) is 0. The van der Waals surface area contributed by atoms with Crippen LogP contribution in [-0.2, 0) is 9.53 Å². The van der Waals surface area contributed by atoms with Gasteiger partial charge in [-0.15, -0.1) is 6.58 Å². The number of allylic oxidation sites excluding steroid dienone is 2. The van der Waals surface area contributed by atoms with Crippen molar-refractivity contribution >= 4 is 5.97 Å². The van der Waals surface area contributed by atoms with Crippen LogP contribution in [0.1, 0.15) is 13.3 Å². The molecule has 0 aromatic heterocycles. The molecule has 0 spiro atoms. The highest BCUT2D eigenvalue weighted by Gasteiger charge is 2.38. The molecule has 0 radical (unpaired) electrons. The van der Waals surface area contributed by atoms with Gasteiger partial charge in [-0.1, -0.05) is 12.7 Å². The van der Waals surface area contributed by atoms with Crippen molar-refractivity contribution in [2.45, 2.75) is 13.3 Å². The van der Waals surface area contributed by atoms with Crippen LogP contribution >= 0.6 is 0 Å². The lowest BCUT2D eigenvalue weighted by Gasteiger charge is -2.01. The first-order valence-corrected chi connectivity index (χ1v) is 3.65. The Morgan fingerprint density at radius 3 is 2.73 bits per heavy atom. The molecule has 1 rings (SSSR count). The molecule has 0 aromatic carbocycles. The van der Waals surface area contributed by atoms with Crippen molar-refractivity contribution in [3.63, 3.8) is 0 Å². The van der Waals surface area contributed by atoms with Crippen LogP contribution in [0.15, 0.2) is 25.0 Å². The minimum atomic E-state index is -0.287. The Labute approximate surface area is 66.5 Å². The van der Waals surface area contributed by atoms with E-state index in [2.05, 4.69) is 13.2 Å². The zero-order valence-corrected chi connectivity index (χ0v) is 6.67. The monoisotopic (exact) mass is 152 g/mol. The smallest absolute Gasteiger partial charge is 0.307 e. The highest BCUT2D eigenvalue weighted by atomic mass is 16.5. The number of hydrogen-bond acceptors (Lipinski definition) is 2. The molecule has 0 aliphatic heterocycles. The summed E-state index contributed by atoms with van der Waals surface area (Å²) in [4.78, 5) is 10.5. The molecule has 2 nitrogen and oxygen atoms in total. The Bertz CT molecular complexity index is 206. The lowest BCUT2D eigenvalue weighted by molar-refractivity contribution is -0.137. The number of esters is 1. The third kappa shape index (κ3) is 1.93. The fraction of sp³-hybridized carbons (Fsp3) is 0.444. The standard InChI is InChI=1S/C9H12O2/c1-4-8-5-9(8)6(2)11-7(3)10/h4,8-9H,1-2,5H2,3H3/t8-,9-/m1/s1. The average Bonchev–Trinajstić information content (AvgIpc) is 2.63. The largest absolute Gasteiger partial charge is 0.432 e. The topological polar surface area (TPSA) is 26.3 Å². The van der Waals surface area contributed by atoms with Gasteiger partial charge in [0.2, 0.25) is 0 Å². The molecule has 11 heavy (non-hydrogen) atoms. The molecule has 1 aliphatic carbocycles. The molecule has 0 bridgehead atoms. The van der Waals surface area contributed by atoms with Gasteiger partial charge < -0.3 is 4.74 Å². The van der Waals surface area contributed by atoms with Crippen molar-refractivity contribution in [2.75, 3.05) is 0 Å². The first kappa shape index (κ1) is 8.05. The third-order valence-corrected chi connectivity index (χ3v) is 1.83. The summed E-state index contributed by atoms with van der Waals surface area (Å²) >= 11 is 0. The van der Waals surface area contributed by atoms with E-state index in [4.69, 9.17) is 4.74 Å². The lowest BCUT2D eigenvalue weighted by atomic mass is 10.3. The molecule has 60 valence electrons. The molecular formula is C9H12O2. The molecule has 1 fully saturated rings. The predicted molar refractivity (Wildman–Crippen MR) is 42.7 cm³/mol. The number of rotatable bonds is 3. The second-order valence-electron chi connectivity index (χ2n) is 2.80. The Kier molecular flexibility index (Phi) is 2.13. The molecule has 0 heterocycles. The molecule has 0 amide bonds. The zero-order valence-electron chi connectivity index (χ0n) is 6.67. The maximum atomic E-state index is 10.5. The van der Waals surface area contributed by atoms with Crippen LogP contribution in [0.3, 0.4) is 0 Å². The van der Waals surface area contributed by atoms with E-state index >= 15 is 0 Å². The van der Waals surface area contributed by atoms with Crippen molar-refractivity contribution in [1.29, 1.82) is 0 Å². The van der Waals surface area contributed by atoms with Crippen molar-refractivity contribution < 1.29 is 9.53 Å². The normalized spacial score (nSPS) is 27.4.